The third kappa shape index (κ3) is 3.75. The molecule has 6 heteroatoms. The fourth-order valence-corrected chi connectivity index (χ4v) is 2.25. The van der Waals surface area contributed by atoms with Crippen LogP contribution >= 0.6 is 0 Å². The molecular weight excluding hydrogens is 246 g/mol. The number of methoxy groups -OCH3 is 1. The Labute approximate surface area is 113 Å². The molecule has 2 unspecified atom stereocenters. The third-order valence-electron chi connectivity index (χ3n) is 3.15. The van der Waals surface area contributed by atoms with E-state index in [9.17, 15) is 0 Å². The van der Waals surface area contributed by atoms with Crippen molar-refractivity contribution in [3.8, 4) is 0 Å². The highest BCUT2D eigenvalue weighted by Crippen LogP contribution is 2.33. The first-order chi connectivity index (χ1) is 9.00. The van der Waals surface area contributed by atoms with Crippen molar-refractivity contribution in [1.82, 2.24) is 15.5 Å². The molecule has 2 heterocycles. The Hall–Kier alpha value is -0.980. The Kier molecular flexibility index (Phi) is 4.54. The molecule has 0 radical (unpaired) electrons. The lowest BCUT2D eigenvalue weighted by Crippen LogP contribution is -2.39. The Morgan fingerprint density at radius 1 is 1.47 bits per heavy atom. The van der Waals surface area contributed by atoms with Crippen LogP contribution in [0, 0.1) is 5.41 Å². The van der Waals surface area contributed by atoms with Crippen molar-refractivity contribution >= 4 is 0 Å². The molecule has 1 aliphatic rings. The molecule has 19 heavy (non-hydrogen) atoms. The third-order valence-corrected chi connectivity index (χ3v) is 3.15. The molecule has 108 valence electrons. The van der Waals surface area contributed by atoms with Crippen LogP contribution in [0.1, 0.15) is 38.6 Å². The molecule has 1 aromatic heterocycles. The van der Waals surface area contributed by atoms with E-state index in [2.05, 4.69) is 36.2 Å². The van der Waals surface area contributed by atoms with E-state index in [1.165, 1.54) is 0 Å². The topological polar surface area (TPSA) is 69.4 Å². The molecule has 0 bridgehead atoms. The van der Waals surface area contributed by atoms with Gasteiger partial charge < -0.3 is 19.3 Å². The number of nitrogens with zero attached hydrogens (tertiary/aromatic N) is 2. The van der Waals surface area contributed by atoms with Crippen LogP contribution in [0.15, 0.2) is 4.52 Å². The summed E-state index contributed by atoms with van der Waals surface area (Å²) in [6.45, 7) is 8.72. The molecule has 2 atom stereocenters. The Morgan fingerprint density at radius 2 is 2.26 bits per heavy atom. The number of ether oxygens (including phenoxy) is 2. The predicted molar refractivity (Wildman–Crippen MR) is 69.8 cm³/mol. The van der Waals surface area contributed by atoms with Crippen molar-refractivity contribution in [2.45, 2.75) is 39.4 Å². The van der Waals surface area contributed by atoms with Gasteiger partial charge in [0, 0.05) is 20.2 Å². The van der Waals surface area contributed by atoms with Crippen LogP contribution in [-0.2, 0) is 15.9 Å². The van der Waals surface area contributed by atoms with Gasteiger partial charge in [-0.15, -0.1) is 0 Å². The minimum atomic E-state index is -0.171. The lowest BCUT2D eigenvalue weighted by Gasteiger charge is -2.26. The van der Waals surface area contributed by atoms with Gasteiger partial charge in [0.05, 0.1) is 19.1 Å². The van der Waals surface area contributed by atoms with Crippen molar-refractivity contribution in [3.05, 3.63) is 11.7 Å². The van der Waals surface area contributed by atoms with E-state index in [0.29, 0.717) is 18.1 Å². The van der Waals surface area contributed by atoms with E-state index in [1.54, 1.807) is 7.11 Å². The zero-order chi connectivity index (χ0) is 13.9. The van der Waals surface area contributed by atoms with Crippen LogP contribution < -0.4 is 5.32 Å². The minimum absolute atomic E-state index is 0.0706. The Balaban J connectivity index is 2.01. The van der Waals surface area contributed by atoms with Gasteiger partial charge >= 0.3 is 0 Å². The highest BCUT2D eigenvalue weighted by molar-refractivity contribution is 4.97. The summed E-state index contributed by atoms with van der Waals surface area (Å²) < 4.78 is 16.4. The summed E-state index contributed by atoms with van der Waals surface area (Å²) >= 11 is 0. The molecule has 1 aromatic rings. The van der Waals surface area contributed by atoms with Crippen molar-refractivity contribution in [3.63, 3.8) is 0 Å². The lowest BCUT2D eigenvalue weighted by atomic mass is 9.88. The van der Waals surface area contributed by atoms with Crippen molar-refractivity contribution in [2.75, 3.05) is 26.8 Å². The van der Waals surface area contributed by atoms with Crippen molar-refractivity contribution in [2.24, 2.45) is 5.41 Å². The molecule has 1 fully saturated rings. The van der Waals surface area contributed by atoms with E-state index < -0.39 is 0 Å². The maximum Gasteiger partial charge on any atom is 0.229 e. The van der Waals surface area contributed by atoms with Gasteiger partial charge in [-0.05, 0) is 5.41 Å². The molecule has 0 aromatic carbocycles. The number of aromatic nitrogens is 2. The molecule has 6 nitrogen and oxygen atoms in total. The van der Waals surface area contributed by atoms with Crippen molar-refractivity contribution in [1.29, 1.82) is 0 Å². The first-order valence-corrected chi connectivity index (χ1v) is 6.68. The molecule has 0 aliphatic carbocycles. The van der Waals surface area contributed by atoms with Gasteiger partial charge in [0.1, 0.15) is 6.10 Å². The van der Waals surface area contributed by atoms with Crippen molar-refractivity contribution < 1.29 is 14.0 Å². The Bertz CT molecular complexity index is 394. The number of rotatable bonds is 4. The molecule has 1 aliphatic heterocycles. The molecule has 0 saturated carbocycles. The fourth-order valence-electron chi connectivity index (χ4n) is 2.25. The molecular formula is C13H23N3O3. The number of hydrogen-bond acceptors (Lipinski definition) is 6. The zero-order valence-electron chi connectivity index (χ0n) is 12.1. The first-order valence-electron chi connectivity index (χ1n) is 6.68. The summed E-state index contributed by atoms with van der Waals surface area (Å²) in [7, 11) is 1.67. The van der Waals surface area contributed by atoms with Gasteiger partial charge in [0.25, 0.3) is 0 Å². The summed E-state index contributed by atoms with van der Waals surface area (Å²) in [5.41, 5.74) is -0.0706. The minimum Gasteiger partial charge on any atom is -0.375 e. The second-order valence-electron chi connectivity index (χ2n) is 5.93. The molecule has 2 rings (SSSR count). The van der Waals surface area contributed by atoms with E-state index >= 15 is 0 Å². The average Bonchev–Trinajstić information content (AvgIpc) is 2.77. The SMILES string of the molecule is COC(c1noc(CC2CNCCO2)n1)C(C)(C)C. The summed E-state index contributed by atoms with van der Waals surface area (Å²) in [6, 6.07) is 0. The number of morpholine rings is 1. The number of nitrogens with one attached hydrogen (secondary N) is 1. The van der Waals surface area contributed by atoms with Crippen LogP contribution in [0.3, 0.4) is 0 Å². The van der Waals surface area contributed by atoms with Crippen LogP contribution in [0.25, 0.3) is 0 Å². The molecule has 0 amide bonds. The molecule has 1 saturated heterocycles. The maximum atomic E-state index is 5.62. The van der Waals surface area contributed by atoms with E-state index in [0.717, 1.165) is 19.7 Å². The first kappa shape index (κ1) is 14.4. The zero-order valence-corrected chi connectivity index (χ0v) is 12.1. The second-order valence-corrected chi connectivity index (χ2v) is 5.93. The van der Waals surface area contributed by atoms with E-state index in [1.807, 2.05) is 0 Å². The summed E-state index contributed by atoms with van der Waals surface area (Å²) in [5.74, 6) is 1.21. The normalized spacial score (nSPS) is 22.4. The van der Waals surface area contributed by atoms with Gasteiger partial charge in [0.2, 0.25) is 11.7 Å². The summed E-state index contributed by atoms with van der Waals surface area (Å²) in [4.78, 5) is 4.43. The highest BCUT2D eigenvalue weighted by Gasteiger charge is 2.31. The van der Waals surface area contributed by atoms with Gasteiger partial charge in [-0.25, -0.2) is 0 Å². The Morgan fingerprint density at radius 3 is 2.84 bits per heavy atom. The average molecular weight is 269 g/mol. The predicted octanol–water partition coefficient (Wildman–Crippen LogP) is 1.33. The quantitative estimate of drug-likeness (QED) is 0.889. The lowest BCUT2D eigenvalue weighted by molar-refractivity contribution is 0.00718. The monoisotopic (exact) mass is 269 g/mol. The smallest absolute Gasteiger partial charge is 0.229 e. The van der Waals surface area contributed by atoms with Gasteiger partial charge in [-0.3, -0.25) is 0 Å². The second kappa shape index (κ2) is 5.98. The van der Waals surface area contributed by atoms with Crippen LogP contribution in [0.5, 0.6) is 0 Å². The summed E-state index contributed by atoms with van der Waals surface area (Å²) in [5, 5.41) is 7.31. The number of hydrogen-bond donors (Lipinski definition) is 1. The van der Waals surface area contributed by atoms with Crippen LogP contribution in [0.4, 0.5) is 0 Å². The highest BCUT2D eigenvalue weighted by atomic mass is 16.5. The van der Waals surface area contributed by atoms with E-state index in [-0.39, 0.29) is 17.6 Å². The standard InChI is InChI=1S/C13H23N3O3/c1-13(2,3)11(17-4)12-15-10(19-16-12)7-9-8-14-5-6-18-9/h9,11,14H,5-8H2,1-4H3. The van der Waals surface area contributed by atoms with Gasteiger partial charge in [0.15, 0.2) is 0 Å². The largest absolute Gasteiger partial charge is 0.375 e. The maximum absolute atomic E-state index is 5.62. The van der Waals surface area contributed by atoms with Crippen LogP contribution in [0.2, 0.25) is 0 Å². The van der Waals surface area contributed by atoms with Crippen LogP contribution in [-0.4, -0.2) is 43.1 Å². The molecule has 0 spiro atoms. The van der Waals surface area contributed by atoms with E-state index in [4.69, 9.17) is 14.0 Å². The summed E-state index contributed by atoms with van der Waals surface area (Å²) in [6.07, 6.45) is 0.577. The van der Waals surface area contributed by atoms with Gasteiger partial charge in [-0.1, -0.05) is 25.9 Å². The fraction of sp³-hybridized carbons (Fsp3) is 0.846. The molecule has 1 N–H and O–H groups in total. The van der Waals surface area contributed by atoms with Gasteiger partial charge in [-0.2, -0.15) is 4.98 Å².